The summed E-state index contributed by atoms with van der Waals surface area (Å²) < 4.78 is 34.4. The topological polar surface area (TPSA) is 146 Å². The molecule has 32 heavy (non-hydrogen) atoms. The number of hydrogen-bond donors (Lipinski definition) is 1. The summed E-state index contributed by atoms with van der Waals surface area (Å²) in [5, 5.41) is 10.7. The second-order valence-electron chi connectivity index (χ2n) is 7.75. The lowest BCUT2D eigenvalue weighted by atomic mass is 9.74. The number of fused-ring (bicyclic) bond motifs is 1. The van der Waals surface area contributed by atoms with E-state index in [9.17, 15) is 27.9 Å². The largest absolute Gasteiger partial charge is 0.747 e. The van der Waals surface area contributed by atoms with E-state index in [0.717, 1.165) is 22.6 Å². The second kappa shape index (κ2) is 7.47. The Labute approximate surface area is 187 Å². The van der Waals surface area contributed by atoms with Crippen molar-refractivity contribution in [3.8, 4) is 11.4 Å². The van der Waals surface area contributed by atoms with Crippen LogP contribution in [0.25, 0.3) is 21.6 Å². The number of nitrogens with zero attached hydrogens (tertiary/aromatic N) is 2. The summed E-state index contributed by atoms with van der Waals surface area (Å²) in [6.45, 7) is 5.30. The third-order valence-corrected chi connectivity index (χ3v) is 7.85. The Morgan fingerprint density at radius 2 is 1.94 bits per heavy atom. The molecule has 0 saturated carbocycles. The molecule has 3 aromatic rings. The second-order valence-corrected chi connectivity index (χ2v) is 10.5. The highest BCUT2D eigenvalue weighted by atomic mass is 32.2. The van der Waals surface area contributed by atoms with Crippen molar-refractivity contribution in [3.05, 3.63) is 84.7 Å². The molecular weight excluding hydrogens is 454 g/mol. The van der Waals surface area contributed by atoms with Crippen LogP contribution in [0.1, 0.15) is 22.9 Å². The van der Waals surface area contributed by atoms with Gasteiger partial charge in [-0.2, -0.15) is 0 Å². The van der Waals surface area contributed by atoms with E-state index in [4.69, 9.17) is 0 Å². The molecular formula is C21H18N3O6S2-. The fraction of sp³-hybridized carbons (Fsp3) is 0.238. The van der Waals surface area contributed by atoms with E-state index in [-0.39, 0.29) is 11.4 Å². The van der Waals surface area contributed by atoms with Gasteiger partial charge < -0.3 is 9.54 Å². The maximum Gasteiger partial charge on any atom is 0.260 e. The predicted molar refractivity (Wildman–Crippen MR) is 120 cm³/mol. The van der Waals surface area contributed by atoms with Gasteiger partial charge in [0.2, 0.25) is 0 Å². The summed E-state index contributed by atoms with van der Waals surface area (Å²) in [6.07, 6.45) is 3.36. The number of aromatic nitrogens is 2. The van der Waals surface area contributed by atoms with Gasteiger partial charge in [0, 0.05) is 16.5 Å². The van der Waals surface area contributed by atoms with E-state index in [1.165, 1.54) is 17.4 Å². The van der Waals surface area contributed by atoms with Crippen molar-refractivity contribution >= 4 is 31.7 Å². The molecule has 11 heteroatoms. The molecule has 1 aliphatic carbocycles. The number of allylic oxidation sites excluding steroid dienone is 1. The first-order valence-corrected chi connectivity index (χ1v) is 11.8. The third kappa shape index (κ3) is 3.48. The first-order chi connectivity index (χ1) is 14.9. The maximum atomic E-state index is 12.8. The Balaban J connectivity index is 1.95. The molecule has 0 aliphatic heterocycles. The van der Waals surface area contributed by atoms with Gasteiger partial charge in [0.15, 0.2) is 0 Å². The Kier molecular flexibility index (Phi) is 5.15. The molecule has 1 N–H and O–H groups in total. The number of aryl methyl sites for hydroxylation is 2. The standard InChI is InChI=1S/C21H19N3O6S2/c1-11-12(2)31-20-17(11)19(25)22-18(23-20)14-6-4-5-7-15(14)21(3)9-8-13(32(28,29)30)10-16(21)24(26)27/h4-10,13H,1-3H3,(H,22,23,25)(H,28,29,30)/p-1. The molecule has 4 rings (SSSR count). The molecule has 2 aromatic heterocycles. The molecule has 0 amide bonds. The fourth-order valence-corrected chi connectivity index (χ4v) is 5.54. The highest BCUT2D eigenvalue weighted by molar-refractivity contribution is 7.86. The molecule has 166 valence electrons. The van der Waals surface area contributed by atoms with Crippen LogP contribution in [0.3, 0.4) is 0 Å². The van der Waals surface area contributed by atoms with E-state index in [1.807, 2.05) is 13.8 Å². The number of hydrogen-bond acceptors (Lipinski definition) is 8. The highest BCUT2D eigenvalue weighted by Crippen LogP contribution is 2.42. The molecule has 0 bridgehead atoms. The highest BCUT2D eigenvalue weighted by Gasteiger charge is 2.43. The number of benzene rings is 1. The van der Waals surface area contributed by atoms with Crippen LogP contribution >= 0.6 is 11.3 Å². The monoisotopic (exact) mass is 472 g/mol. The van der Waals surface area contributed by atoms with Crippen LogP contribution in [0.4, 0.5) is 0 Å². The molecule has 0 spiro atoms. The Hall–Kier alpha value is -3.15. The summed E-state index contributed by atoms with van der Waals surface area (Å²) in [5.41, 5.74) is -0.372. The van der Waals surface area contributed by atoms with Gasteiger partial charge in [0.1, 0.15) is 26.2 Å². The Morgan fingerprint density at radius 3 is 2.59 bits per heavy atom. The quantitative estimate of drug-likeness (QED) is 0.265. The summed E-state index contributed by atoms with van der Waals surface area (Å²) in [4.78, 5) is 32.9. The van der Waals surface area contributed by atoms with E-state index in [2.05, 4.69) is 9.97 Å². The smallest absolute Gasteiger partial charge is 0.260 e. The number of aromatic amines is 1. The molecule has 2 unspecified atom stereocenters. The van der Waals surface area contributed by atoms with Crippen LogP contribution in [0.5, 0.6) is 0 Å². The van der Waals surface area contributed by atoms with Crippen LogP contribution in [0, 0.1) is 24.0 Å². The van der Waals surface area contributed by atoms with Crippen LogP contribution < -0.4 is 5.56 Å². The number of thiophene rings is 1. The minimum absolute atomic E-state index is 0.246. The van der Waals surface area contributed by atoms with Crippen LogP contribution in [-0.2, 0) is 15.5 Å². The molecule has 2 heterocycles. The molecule has 0 fully saturated rings. The van der Waals surface area contributed by atoms with Gasteiger partial charge >= 0.3 is 0 Å². The lowest BCUT2D eigenvalue weighted by molar-refractivity contribution is -0.434. The molecule has 0 radical (unpaired) electrons. The maximum absolute atomic E-state index is 12.8. The number of rotatable bonds is 4. The van der Waals surface area contributed by atoms with Crippen molar-refractivity contribution < 1.29 is 17.9 Å². The van der Waals surface area contributed by atoms with E-state index >= 15 is 0 Å². The number of H-pyrrole nitrogens is 1. The minimum Gasteiger partial charge on any atom is -0.747 e. The van der Waals surface area contributed by atoms with Gasteiger partial charge in [-0.3, -0.25) is 14.9 Å². The third-order valence-electron chi connectivity index (χ3n) is 5.78. The van der Waals surface area contributed by atoms with Gasteiger partial charge in [0.05, 0.1) is 15.6 Å². The number of nitro groups is 1. The van der Waals surface area contributed by atoms with Crippen LogP contribution in [0.15, 0.2) is 53.0 Å². The zero-order valence-electron chi connectivity index (χ0n) is 17.3. The van der Waals surface area contributed by atoms with Crippen LogP contribution in [0.2, 0.25) is 0 Å². The normalized spacial score (nSPS) is 21.0. The number of nitrogens with one attached hydrogen (secondary N) is 1. The van der Waals surface area contributed by atoms with Crippen molar-refractivity contribution in [2.45, 2.75) is 31.4 Å². The molecule has 9 nitrogen and oxygen atoms in total. The van der Waals surface area contributed by atoms with Crippen LogP contribution in [-0.4, -0.2) is 33.1 Å². The van der Waals surface area contributed by atoms with Gasteiger partial charge in [-0.05, 0) is 31.9 Å². The van der Waals surface area contributed by atoms with Crippen molar-refractivity contribution in [2.75, 3.05) is 0 Å². The molecule has 2 atom stereocenters. The molecule has 0 saturated heterocycles. The zero-order valence-corrected chi connectivity index (χ0v) is 18.9. The first kappa shape index (κ1) is 22.1. The van der Waals surface area contributed by atoms with Gasteiger partial charge in [-0.15, -0.1) is 11.3 Å². The van der Waals surface area contributed by atoms with E-state index < -0.39 is 31.4 Å². The zero-order chi connectivity index (χ0) is 23.4. The summed E-state index contributed by atoms with van der Waals surface area (Å²) >= 11 is 1.38. The lowest BCUT2D eigenvalue weighted by Crippen LogP contribution is -2.33. The average Bonchev–Trinajstić information content (AvgIpc) is 3.01. The van der Waals surface area contributed by atoms with Crippen molar-refractivity contribution in [3.63, 3.8) is 0 Å². The van der Waals surface area contributed by atoms with Crippen molar-refractivity contribution in [1.29, 1.82) is 0 Å². The Bertz CT molecular complexity index is 1500. The first-order valence-electron chi connectivity index (χ1n) is 9.54. The fourth-order valence-electron chi connectivity index (χ4n) is 3.94. The van der Waals surface area contributed by atoms with Gasteiger partial charge in [-0.1, -0.05) is 36.4 Å². The summed E-state index contributed by atoms with van der Waals surface area (Å²) in [6, 6.07) is 6.73. The lowest BCUT2D eigenvalue weighted by Gasteiger charge is -2.30. The van der Waals surface area contributed by atoms with Gasteiger partial charge in [0.25, 0.3) is 11.3 Å². The Morgan fingerprint density at radius 1 is 1.25 bits per heavy atom. The minimum atomic E-state index is -4.79. The predicted octanol–water partition coefficient (Wildman–Crippen LogP) is 3.17. The van der Waals surface area contributed by atoms with E-state index in [0.29, 0.717) is 21.3 Å². The average molecular weight is 473 g/mol. The van der Waals surface area contributed by atoms with Crippen molar-refractivity contribution in [1.82, 2.24) is 9.97 Å². The SMILES string of the molecule is Cc1sc2nc(-c3ccccc3C3(C)C=CC(S(=O)(=O)[O-])C=C3[N+](=O)[O-])[nH]c(=O)c2c1C. The summed E-state index contributed by atoms with van der Waals surface area (Å²) in [7, 11) is -4.79. The summed E-state index contributed by atoms with van der Waals surface area (Å²) in [5.74, 6) is 0.246. The van der Waals surface area contributed by atoms with E-state index in [1.54, 1.807) is 31.2 Å². The molecule has 1 aliphatic rings. The van der Waals surface area contributed by atoms with Gasteiger partial charge in [-0.25, -0.2) is 13.4 Å². The molecule has 1 aromatic carbocycles. The van der Waals surface area contributed by atoms with Crippen molar-refractivity contribution in [2.24, 2.45) is 0 Å².